The third kappa shape index (κ3) is 5.72. The smallest absolute Gasteiger partial charge is 0.161 e. The number of nitrogen functional groups attached to an aromatic ring is 1. The van der Waals surface area contributed by atoms with Crippen LogP contribution >= 0.6 is 0 Å². The van der Waals surface area contributed by atoms with Gasteiger partial charge in [-0.1, -0.05) is 0 Å². The van der Waals surface area contributed by atoms with Gasteiger partial charge in [-0.3, -0.25) is 4.79 Å². The van der Waals surface area contributed by atoms with Crippen molar-refractivity contribution in [3.05, 3.63) is 23.8 Å². The van der Waals surface area contributed by atoms with Crippen molar-refractivity contribution >= 4 is 17.2 Å². The van der Waals surface area contributed by atoms with Crippen LogP contribution in [0.25, 0.3) is 0 Å². The third-order valence-corrected chi connectivity index (χ3v) is 2.66. The van der Waals surface area contributed by atoms with Crippen molar-refractivity contribution in [1.82, 2.24) is 0 Å². The number of methoxy groups -OCH3 is 1. The number of rotatable bonds is 9. The van der Waals surface area contributed by atoms with Crippen LogP contribution in [0.4, 0.5) is 11.4 Å². The van der Waals surface area contributed by atoms with Crippen LogP contribution in [0.3, 0.4) is 0 Å². The van der Waals surface area contributed by atoms with E-state index in [1.165, 1.54) is 6.92 Å². The molecule has 0 heterocycles. The van der Waals surface area contributed by atoms with Gasteiger partial charge in [-0.05, 0) is 31.5 Å². The number of benzene rings is 1. The Morgan fingerprint density at radius 2 is 2.11 bits per heavy atom. The first-order valence-corrected chi connectivity index (χ1v) is 6.36. The van der Waals surface area contributed by atoms with Crippen molar-refractivity contribution in [3.8, 4) is 0 Å². The molecule has 0 fully saturated rings. The number of ether oxygens (including phenoxy) is 2. The van der Waals surface area contributed by atoms with Gasteiger partial charge in [0.2, 0.25) is 0 Å². The molecule has 19 heavy (non-hydrogen) atoms. The van der Waals surface area contributed by atoms with Crippen LogP contribution in [-0.4, -0.2) is 39.3 Å². The molecule has 1 aromatic rings. The maximum atomic E-state index is 11.4. The predicted octanol–water partition coefficient (Wildman–Crippen LogP) is 1.94. The number of carbonyl (C=O) groups is 1. The van der Waals surface area contributed by atoms with Crippen molar-refractivity contribution in [2.45, 2.75) is 13.3 Å². The van der Waals surface area contributed by atoms with Crippen LogP contribution in [0.15, 0.2) is 18.2 Å². The molecule has 106 valence electrons. The second kappa shape index (κ2) is 8.50. The molecule has 0 atom stereocenters. The SMILES string of the molecule is COCCOCCCNc1ccc(N)c(C(C)=O)c1. The first-order valence-electron chi connectivity index (χ1n) is 6.36. The van der Waals surface area contributed by atoms with Crippen molar-refractivity contribution in [2.75, 3.05) is 44.5 Å². The normalized spacial score (nSPS) is 10.4. The van der Waals surface area contributed by atoms with Crippen LogP contribution in [0.2, 0.25) is 0 Å². The molecular formula is C14H22N2O3. The monoisotopic (exact) mass is 266 g/mol. The molecule has 1 rings (SSSR count). The average molecular weight is 266 g/mol. The van der Waals surface area contributed by atoms with Gasteiger partial charge in [-0.25, -0.2) is 0 Å². The van der Waals surface area contributed by atoms with Crippen LogP contribution in [-0.2, 0) is 9.47 Å². The van der Waals surface area contributed by atoms with Crippen molar-refractivity contribution in [1.29, 1.82) is 0 Å². The van der Waals surface area contributed by atoms with E-state index >= 15 is 0 Å². The van der Waals surface area contributed by atoms with Crippen LogP contribution in [0, 0.1) is 0 Å². The number of anilines is 2. The fourth-order valence-corrected chi connectivity index (χ4v) is 1.62. The summed E-state index contributed by atoms with van der Waals surface area (Å²) in [6.07, 6.45) is 0.892. The molecule has 0 saturated heterocycles. The van der Waals surface area contributed by atoms with Crippen molar-refractivity contribution in [2.24, 2.45) is 0 Å². The largest absolute Gasteiger partial charge is 0.398 e. The highest BCUT2D eigenvalue weighted by Crippen LogP contribution is 2.18. The molecule has 0 aromatic heterocycles. The summed E-state index contributed by atoms with van der Waals surface area (Å²) in [5.41, 5.74) is 7.70. The lowest BCUT2D eigenvalue weighted by atomic mass is 10.1. The fraction of sp³-hybridized carbons (Fsp3) is 0.500. The summed E-state index contributed by atoms with van der Waals surface area (Å²) in [4.78, 5) is 11.4. The zero-order chi connectivity index (χ0) is 14.1. The van der Waals surface area contributed by atoms with Gasteiger partial charge >= 0.3 is 0 Å². The van der Waals surface area contributed by atoms with Crippen molar-refractivity contribution in [3.63, 3.8) is 0 Å². The maximum Gasteiger partial charge on any atom is 0.161 e. The molecule has 5 nitrogen and oxygen atoms in total. The van der Waals surface area contributed by atoms with E-state index in [-0.39, 0.29) is 5.78 Å². The van der Waals surface area contributed by atoms with Gasteiger partial charge in [0.25, 0.3) is 0 Å². The van der Waals surface area contributed by atoms with E-state index in [9.17, 15) is 4.79 Å². The standard InChI is InChI=1S/C14H22N2O3/c1-11(17)13-10-12(4-5-14(13)15)16-6-3-7-19-9-8-18-2/h4-5,10,16H,3,6-9,15H2,1-2H3. The Morgan fingerprint density at radius 1 is 1.32 bits per heavy atom. The van der Waals surface area contributed by atoms with Gasteiger partial charge in [0.15, 0.2) is 5.78 Å². The molecule has 0 unspecified atom stereocenters. The van der Waals surface area contributed by atoms with E-state index in [1.807, 2.05) is 6.07 Å². The fourth-order valence-electron chi connectivity index (χ4n) is 1.62. The first kappa shape index (κ1) is 15.5. The highest BCUT2D eigenvalue weighted by Gasteiger charge is 2.05. The second-order valence-corrected chi connectivity index (χ2v) is 4.24. The Bertz CT molecular complexity index is 408. The van der Waals surface area contributed by atoms with Crippen molar-refractivity contribution < 1.29 is 14.3 Å². The van der Waals surface area contributed by atoms with Gasteiger partial charge in [0.1, 0.15) is 0 Å². The molecule has 1 aromatic carbocycles. The number of Topliss-reactive ketones (excluding diaryl/α,β-unsaturated/α-hetero) is 1. The van der Waals surface area contributed by atoms with Gasteiger partial charge in [-0.15, -0.1) is 0 Å². The molecule has 0 aliphatic rings. The number of nitrogens with two attached hydrogens (primary N) is 1. The third-order valence-electron chi connectivity index (χ3n) is 2.66. The minimum atomic E-state index is -0.0240. The summed E-state index contributed by atoms with van der Waals surface area (Å²) in [7, 11) is 1.65. The van der Waals surface area contributed by atoms with Gasteiger partial charge in [-0.2, -0.15) is 0 Å². The zero-order valence-corrected chi connectivity index (χ0v) is 11.6. The zero-order valence-electron chi connectivity index (χ0n) is 11.6. The summed E-state index contributed by atoms with van der Waals surface area (Å²) < 4.78 is 10.2. The molecule has 0 aliphatic carbocycles. The molecular weight excluding hydrogens is 244 g/mol. The lowest BCUT2D eigenvalue weighted by Gasteiger charge is -2.09. The van der Waals surface area contributed by atoms with E-state index in [4.69, 9.17) is 15.2 Å². The summed E-state index contributed by atoms with van der Waals surface area (Å²) in [5.74, 6) is -0.0240. The van der Waals surface area contributed by atoms with E-state index < -0.39 is 0 Å². The predicted molar refractivity (Wildman–Crippen MR) is 76.7 cm³/mol. The molecule has 0 saturated carbocycles. The van der Waals surface area contributed by atoms with Gasteiger partial charge in [0, 0.05) is 37.2 Å². The Kier molecular flexibility index (Phi) is 6.92. The number of hydrogen-bond acceptors (Lipinski definition) is 5. The molecule has 3 N–H and O–H groups in total. The summed E-state index contributed by atoms with van der Waals surface area (Å²) in [5, 5.41) is 3.24. The Hall–Kier alpha value is -1.59. The average Bonchev–Trinajstić information content (AvgIpc) is 2.39. The highest BCUT2D eigenvalue weighted by molar-refractivity contribution is 5.99. The summed E-state index contributed by atoms with van der Waals surface area (Å²) in [6, 6.07) is 5.39. The lowest BCUT2D eigenvalue weighted by Crippen LogP contribution is -2.09. The van der Waals surface area contributed by atoms with E-state index in [0.29, 0.717) is 31.1 Å². The maximum absolute atomic E-state index is 11.4. The Labute approximate surface area is 114 Å². The molecule has 0 radical (unpaired) electrons. The van der Waals surface area contributed by atoms with E-state index in [2.05, 4.69) is 5.32 Å². The van der Waals surface area contributed by atoms with Crippen LogP contribution in [0.5, 0.6) is 0 Å². The Balaban J connectivity index is 2.30. The van der Waals surface area contributed by atoms with E-state index in [1.54, 1.807) is 19.2 Å². The van der Waals surface area contributed by atoms with Crippen LogP contribution in [0.1, 0.15) is 23.7 Å². The molecule has 0 spiro atoms. The lowest BCUT2D eigenvalue weighted by molar-refractivity contribution is 0.0705. The molecule has 0 aliphatic heterocycles. The topological polar surface area (TPSA) is 73.6 Å². The minimum Gasteiger partial charge on any atom is -0.398 e. The number of hydrogen-bond donors (Lipinski definition) is 2. The molecule has 0 bridgehead atoms. The number of nitrogens with one attached hydrogen (secondary N) is 1. The first-order chi connectivity index (χ1) is 9.15. The summed E-state index contributed by atoms with van der Waals surface area (Å²) in [6.45, 7) is 4.22. The van der Waals surface area contributed by atoms with E-state index in [0.717, 1.165) is 18.7 Å². The Morgan fingerprint density at radius 3 is 2.79 bits per heavy atom. The quantitative estimate of drug-likeness (QED) is 0.406. The molecule has 0 amide bonds. The highest BCUT2D eigenvalue weighted by atomic mass is 16.5. The minimum absolute atomic E-state index is 0.0240. The van der Waals surface area contributed by atoms with Gasteiger partial charge in [0.05, 0.1) is 13.2 Å². The number of carbonyl (C=O) groups excluding carboxylic acids is 1. The second-order valence-electron chi connectivity index (χ2n) is 4.24. The van der Waals surface area contributed by atoms with Crippen LogP contribution < -0.4 is 11.1 Å². The summed E-state index contributed by atoms with van der Waals surface area (Å²) >= 11 is 0. The number of ketones is 1. The molecule has 5 heteroatoms. The van der Waals surface area contributed by atoms with Gasteiger partial charge < -0.3 is 20.5 Å².